The second-order valence-electron chi connectivity index (χ2n) is 7.40. The van der Waals surface area contributed by atoms with Gasteiger partial charge in [0.15, 0.2) is 15.0 Å². The molecular weight excluding hydrogens is 394 g/mol. The molecule has 0 bridgehead atoms. The van der Waals surface area contributed by atoms with Crippen LogP contribution in [0.2, 0.25) is 0 Å². The average molecular weight is 424 g/mol. The quantitative estimate of drug-likeness (QED) is 0.700. The van der Waals surface area contributed by atoms with Crippen molar-refractivity contribution in [3.63, 3.8) is 0 Å². The van der Waals surface area contributed by atoms with E-state index in [-0.39, 0.29) is 34.6 Å². The summed E-state index contributed by atoms with van der Waals surface area (Å²) in [4.78, 5) is 21.0. The number of thioether (sulfide) groups is 1. The van der Waals surface area contributed by atoms with E-state index in [1.165, 1.54) is 11.8 Å². The van der Waals surface area contributed by atoms with Crippen LogP contribution in [0.15, 0.2) is 29.3 Å². The lowest BCUT2D eigenvalue weighted by atomic mass is 10.1. The lowest BCUT2D eigenvalue weighted by molar-refractivity contribution is -0.121. The van der Waals surface area contributed by atoms with E-state index in [0.717, 1.165) is 30.9 Å². The van der Waals surface area contributed by atoms with E-state index in [0.29, 0.717) is 5.17 Å². The highest BCUT2D eigenvalue weighted by atomic mass is 32.2. The van der Waals surface area contributed by atoms with Crippen molar-refractivity contribution in [2.45, 2.75) is 45.4 Å². The molecule has 2 aliphatic heterocycles. The van der Waals surface area contributed by atoms with Gasteiger partial charge in [-0.25, -0.2) is 8.42 Å². The maximum Gasteiger partial charge on any atom is 0.250 e. The molecule has 2 aliphatic rings. The molecule has 2 heterocycles. The number of carbonyl (C=O) groups excluding carboxylic acids is 1. The Bertz CT molecular complexity index is 848. The predicted molar refractivity (Wildman–Crippen MR) is 118 cm³/mol. The highest BCUT2D eigenvalue weighted by Crippen LogP contribution is 2.41. The van der Waals surface area contributed by atoms with Crippen molar-refractivity contribution in [3.05, 3.63) is 24.3 Å². The molecule has 0 spiro atoms. The Labute approximate surface area is 172 Å². The summed E-state index contributed by atoms with van der Waals surface area (Å²) >= 11 is 1.43. The van der Waals surface area contributed by atoms with Gasteiger partial charge in [-0.3, -0.25) is 4.79 Å². The van der Waals surface area contributed by atoms with Gasteiger partial charge in [0.2, 0.25) is 0 Å². The lowest BCUT2D eigenvalue weighted by Crippen LogP contribution is -2.38. The number of sulfone groups is 1. The second kappa shape index (κ2) is 8.45. The van der Waals surface area contributed by atoms with Crippen LogP contribution < -0.4 is 9.80 Å². The van der Waals surface area contributed by atoms with Gasteiger partial charge in [-0.15, -0.1) is 0 Å². The summed E-state index contributed by atoms with van der Waals surface area (Å²) in [5.41, 5.74) is 2.02. The number of benzene rings is 1. The van der Waals surface area contributed by atoms with Crippen LogP contribution in [0.3, 0.4) is 0 Å². The van der Waals surface area contributed by atoms with Crippen molar-refractivity contribution in [2.24, 2.45) is 10.9 Å². The molecule has 0 N–H and O–H groups in total. The summed E-state index contributed by atoms with van der Waals surface area (Å²) < 4.78 is 24.3. The number of anilines is 2. The summed E-state index contributed by atoms with van der Waals surface area (Å²) in [6.07, 6.45) is 0.736. The summed E-state index contributed by atoms with van der Waals surface area (Å²) in [5, 5.41) is 0.557. The number of aliphatic imine (C=N–C) groups is 1. The van der Waals surface area contributed by atoms with Crippen LogP contribution in [0.5, 0.6) is 0 Å². The Morgan fingerprint density at radius 2 is 1.86 bits per heavy atom. The number of rotatable bonds is 6. The van der Waals surface area contributed by atoms with E-state index in [4.69, 9.17) is 0 Å². The Kier molecular flexibility index (Phi) is 6.39. The van der Waals surface area contributed by atoms with Crippen molar-refractivity contribution in [3.8, 4) is 0 Å². The molecule has 1 aromatic carbocycles. The molecule has 0 aliphatic carbocycles. The minimum atomic E-state index is -3.06. The van der Waals surface area contributed by atoms with E-state index in [1.54, 1.807) is 0 Å². The Morgan fingerprint density at radius 3 is 2.43 bits per heavy atom. The summed E-state index contributed by atoms with van der Waals surface area (Å²) in [5.74, 6) is -0.0203. The predicted octanol–water partition coefficient (Wildman–Crippen LogP) is 3.18. The average Bonchev–Trinajstić information content (AvgIpc) is 3.13. The van der Waals surface area contributed by atoms with Gasteiger partial charge in [0.25, 0.3) is 5.91 Å². The normalized spacial score (nSPS) is 25.7. The standard InChI is InChI=1S/C20H29N3O3S2/c1-5-14(4)19(24)21-20-23(17-12-28(25,26)13-18(17)27-20)16-10-8-15(9-11-16)22(6-2)7-3/h8-11,14,17-18H,5-7,12-13H2,1-4H3/t14-,17-,18-/m0/s1. The van der Waals surface area contributed by atoms with Gasteiger partial charge in [0, 0.05) is 35.6 Å². The molecule has 28 heavy (non-hydrogen) atoms. The molecule has 2 fully saturated rings. The molecule has 0 unspecified atom stereocenters. The molecule has 1 aromatic rings. The zero-order valence-corrected chi connectivity index (χ0v) is 18.6. The molecule has 6 nitrogen and oxygen atoms in total. The van der Waals surface area contributed by atoms with E-state index < -0.39 is 9.84 Å². The first kappa shape index (κ1) is 21.2. The summed E-state index contributed by atoms with van der Waals surface area (Å²) in [7, 11) is -3.06. The number of nitrogens with zero attached hydrogens (tertiary/aromatic N) is 3. The third-order valence-corrected chi connectivity index (χ3v) is 8.77. The third-order valence-electron chi connectivity index (χ3n) is 5.56. The Morgan fingerprint density at radius 1 is 1.21 bits per heavy atom. The highest BCUT2D eigenvalue weighted by Gasteiger charge is 2.49. The maximum atomic E-state index is 12.4. The first-order valence-electron chi connectivity index (χ1n) is 9.93. The minimum absolute atomic E-state index is 0.0732. The van der Waals surface area contributed by atoms with E-state index in [1.807, 2.05) is 30.9 Å². The van der Waals surface area contributed by atoms with Gasteiger partial charge in [0.1, 0.15) is 0 Å². The van der Waals surface area contributed by atoms with Gasteiger partial charge in [-0.05, 0) is 44.5 Å². The number of fused-ring (bicyclic) bond motifs is 1. The molecule has 2 saturated heterocycles. The topological polar surface area (TPSA) is 70.0 Å². The number of hydrogen-bond donors (Lipinski definition) is 0. The van der Waals surface area contributed by atoms with E-state index >= 15 is 0 Å². The number of amides is 1. The third kappa shape index (κ3) is 4.22. The first-order valence-corrected chi connectivity index (χ1v) is 12.6. The number of hydrogen-bond acceptors (Lipinski definition) is 5. The SMILES string of the molecule is CC[C@H](C)C(=O)N=C1S[C@H]2CS(=O)(=O)C[C@@H]2N1c1ccc(N(CC)CC)cc1. The smallest absolute Gasteiger partial charge is 0.250 e. The largest absolute Gasteiger partial charge is 0.372 e. The summed E-state index contributed by atoms with van der Waals surface area (Å²) in [6, 6.07) is 7.95. The second-order valence-corrected chi connectivity index (χ2v) is 10.8. The van der Waals surface area contributed by atoms with Crippen LogP contribution in [-0.4, -0.2) is 55.4 Å². The summed E-state index contributed by atoms with van der Waals surface area (Å²) in [6.45, 7) is 9.93. The van der Waals surface area contributed by atoms with E-state index in [2.05, 4.69) is 35.9 Å². The molecule has 3 rings (SSSR count). The van der Waals surface area contributed by atoms with Gasteiger partial charge < -0.3 is 9.80 Å². The Balaban J connectivity index is 1.95. The Hall–Kier alpha value is -1.54. The molecule has 154 valence electrons. The van der Waals surface area contributed by atoms with Crippen molar-refractivity contribution < 1.29 is 13.2 Å². The molecule has 0 radical (unpaired) electrons. The monoisotopic (exact) mass is 423 g/mol. The fourth-order valence-electron chi connectivity index (χ4n) is 3.66. The molecule has 8 heteroatoms. The first-order chi connectivity index (χ1) is 13.3. The van der Waals surface area contributed by atoms with Gasteiger partial charge >= 0.3 is 0 Å². The van der Waals surface area contributed by atoms with Crippen LogP contribution >= 0.6 is 11.8 Å². The van der Waals surface area contributed by atoms with Crippen molar-refractivity contribution in [1.82, 2.24) is 0 Å². The fourth-order valence-corrected chi connectivity index (χ4v) is 7.58. The van der Waals surface area contributed by atoms with Gasteiger partial charge in [-0.2, -0.15) is 4.99 Å². The zero-order valence-electron chi connectivity index (χ0n) is 17.0. The van der Waals surface area contributed by atoms with Crippen LogP contribution in [0.1, 0.15) is 34.1 Å². The lowest BCUT2D eigenvalue weighted by Gasteiger charge is -2.26. The van der Waals surface area contributed by atoms with Gasteiger partial charge in [-0.1, -0.05) is 25.6 Å². The minimum Gasteiger partial charge on any atom is -0.372 e. The van der Waals surface area contributed by atoms with E-state index in [9.17, 15) is 13.2 Å². The van der Waals surface area contributed by atoms with Gasteiger partial charge in [0.05, 0.1) is 17.5 Å². The van der Waals surface area contributed by atoms with Crippen molar-refractivity contribution in [1.29, 1.82) is 0 Å². The van der Waals surface area contributed by atoms with Crippen LogP contribution in [0.4, 0.5) is 11.4 Å². The van der Waals surface area contributed by atoms with Crippen LogP contribution in [-0.2, 0) is 14.6 Å². The fraction of sp³-hybridized carbons (Fsp3) is 0.600. The zero-order chi connectivity index (χ0) is 20.5. The molecule has 0 saturated carbocycles. The molecule has 0 aromatic heterocycles. The van der Waals surface area contributed by atoms with Crippen molar-refractivity contribution >= 4 is 44.0 Å². The van der Waals surface area contributed by atoms with Crippen LogP contribution in [0.25, 0.3) is 0 Å². The maximum absolute atomic E-state index is 12.4. The number of amidine groups is 1. The molecule has 1 amide bonds. The highest BCUT2D eigenvalue weighted by molar-refractivity contribution is 8.16. The van der Waals surface area contributed by atoms with Crippen LogP contribution in [0, 0.1) is 5.92 Å². The number of carbonyl (C=O) groups is 1. The molecule has 3 atom stereocenters. The molecular formula is C20H29N3O3S2. The van der Waals surface area contributed by atoms with Crippen molar-refractivity contribution in [2.75, 3.05) is 34.4 Å².